The first-order valence-corrected chi connectivity index (χ1v) is 5.39. The van der Waals surface area contributed by atoms with Gasteiger partial charge in [0, 0.05) is 5.56 Å². The van der Waals surface area contributed by atoms with Crippen molar-refractivity contribution >= 4 is 12.0 Å². The zero-order valence-corrected chi connectivity index (χ0v) is 9.92. The second kappa shape index (κ2) is 4.68. The second-order valence-corrected chi connectivity index (χ2v) is 4.19. The highest BCUT2D eigenvalue weighted by Crippen LogP contribution is 2.39. The van der Waals surface area contributed by atoms with Gasteiger partial charge in [0.25, 0.3) is 0 Å². The van der Waals surface area contributed by atoms with Gasteiger partial charge in [0.1, 0.15) is 5.75 Å². The predicted molar refractivity (Wildman–Crippen MR) is 57.5 cm³/mol. The summed E-state index contributed by atoms with van der Waals surface area (Å²) in [5.41, 5.74) is -2.66. The molecule has 114 valence electrons. The van der Waals surface area contributed by atoms with Crippen LogP contribution in [-0.4, -0.2) is 23.4 Å². The van der Waals surface area contributed by atoms with Crippen molar-refractivity contribution < 1.29 is 41.0 Å². The third-order valence-corrected chi connectivity index (χ3v) is 2.72. The Balaban J connectivity index is 2.54. The molecule has 0 radical (unpaired) electrons. The zero-order valence-electron chi connectivity index (χ0n) is 9.92. The summed E-state index contributed by atoms with van der Waals surface area (Å²) in [4.78, 5) is 10.8. The third-order valence-electron chi connectivity index (χ3n) is 2.72. The predicted octanol–water partition coefficient (Wildman–Crippen LogP) is 3.50. The van der Waals surface area contributed by atoms with Gasteiger partial charge in [0.2, 0.25) is 6.10 Å². The molecule has 0 bridgehead atoms. The first-order chi connectivity index (χ1) is 9.50. The van der Waals surface area contributed by atoms with Crippen molar-refractivity contribution in [1.82, 2.24) is 0 Å². The number of hydrogen-bond acceptors (Lipinski definition) is 2. The van der Waals surface area contributed by atoms with Gasteiger partial charge in [-0.2, -0.15) is 26.3 Å². The number of hydrogen-bond donors (Lipinski definition) is 1. The van der Waals surface area contributed by atoms with Gasteiger partial charge in [0.15, 0.2) is 0 Å². The minimum absolute atomic E-state index is 0.372. The maximum absolute atomic E-state index is 12.7. The maximum atomic E-state index is 12.7. The Hall–Kier alpha value is -2.19. The topological polar surface area (TPSA) is 46.5 Å². The SMILES string of the molecule is O=C(O)C1=Cc2cc(C(F)(F)F)ccc2O[C@@H]1C(F)(F)F. The Kier molecular flexibility index (Phi) is 3.38. The molecule has 2 rings (SSSR count). The van der Waals surface area contributed by atoms with Crippen LogP contribution in [-0.2, 0) is 11.0 Å². The monoisotopic (exact) mass is 312 g/mol. The molecule has 0 spiro atoms. The van der Waals surface area contributed by atoms with Crippen molar-refractivity contribution in [3.8, 4) is 5.75 Å². The lowest BCUT2D eigenvalue weighted by molar-refractivity contribution is -0.187. The zero-order chi connectivity index (χ0) is 16.0. The van der Waals surface area contributed by atoms with Crippen molar-refractivity contribution in [2.75, 3.05) is 0 Å². The van der Waals surface area contributed by atoms with Crippen LogP contribution in [0.3, 0.4) is 0 Å². The number of halogens is 6. The highest BCUT2D eigenvalue weighted by atomic mass is 19.4. The average Bonchev–Trinajstić information content (AvgIpc) is 2.34. The normalized spacial score (nSPS) is 18.6. The molecule has 0 saturated heterocycles. The van der Waals surface area contributed by atoms with E-state index in [1.807, 2.05) is 0 Å². The summed E-state index contributed by atoms with van der Waals surface area (Å²) < 4.78 is 80.2. The molecular formula is C12H6F6O3. The standard InChI is InChI=1S/C12H6F6O3/c13-11(14,15)6-1-2-8-5(3-6)4-7(10(19)20)9(21-8)12(16,17)18/h1-4,9H,(H,19,20)/t9-/m0/s1. The first kappa shape index (κ1) is 15.2. The van der Waals surface area contributed by atoms with E-state index in [0.29, 0.717) is 18.2 Å². The summed E-state index contributed by atoms with van der Waals surface area (Å²) in [7, 11) is 0. The molecule has 1 aliphatic heterocycles. The Bertz CT molecular complexity index is 614. The summed E-state index contributed by atoms with van der Waals surface area (Å²) in [5, 5.41) is 8.76. The molecule has 0 amide bonds. The number of rotatable bonds is 1. The molecule has 3 nitrogen and oxygen atoms in total. The first-order valence-electron chi connectivity index (χ1n) is 5.39. The van der Waals surface area contributed by atoms with E-state index in [9.17, 15) is 31.1 Å². The number of alkyl halides is 6. The molecule has 0 aliphatic carbocycles. The van der Waals surface area contributed by atoms with Gasteiger partial charge >= 0.3 is 18.3 Å². The van der Waals surface area contributed by atoms with E-state index >= 15 is 0 Å². The van der Waals surface area contributed by atoms with Crippen LogP contribution >= 0.6 is 0 Å². The van der Waals surface area contributed by atoms with Gasteiger partial charge in [-0.3, -0.25) is 0 Å². The summed E-state index contributed by atoms with van der Waals surface area (Å²) >= 11 is 0. The van der Waals surface area contributed by atoms with Crippen LogP contribution in [0.5, 0.6) is 5.75 Å². The van der Waals surface area contributed by atoms with Crippen LogP contribution in [0.15, 0.2) is 23.8 Å². The van der Waals surface area contributed by atoms with Gasteiger partial charge < -0.3 is 9.84 Å². The fraction of sp³-hybridized carbons (Fsp3) is 0.250. The van der Waals surface area contributed by atoms with Crippen molar-refractivity contribution in [2.24, 2.45) is 0 Å². The molecule has 0 unspecified atom stereocenters. The fourth-order valence-corrected chi connectivity index (χ4v) is 1.80. The summed E-state index contributed by atoms with van der Waals surface area (Å²) in [5.74, 6) is -2.38. The summed E-state index contributed by atoms with van der Waals surface area (Å²) in [6, 6.07) is 1.82. The molecule has 1 aromatic carbocycles. The molecule has 0 saturated carbocycles. The number of carbonyl (C=O) groups is 1. The second-order valence-electron chi connectivity index (χ2n) is 4.19. The lowest BCUT2D eigenvalue weighted by Crippen LogP contribution is -2.40. The van der Waals surface area contributed by atoms with Crippen LogP contribution in [0.25, 0.3) is 6.08 Å². The lowest BCUT2D eigenvalue weighted by Gasteiger charge is -2.27. The lowest BCUT2D eigenvalue weighted by atomic mass is 9.99. The van der Waals surface area contributed by atoms with Gasteiger partial charge in [-0.25, -0.2) is 4.79 Å². The molecule has 1 atom stereocenters. The molecular weight excluding hydrogens is 306 g/mol. The molecule has 1 heterocycles. The van der Waals surface area contributed by atoms with E-state index < -0.39 is 41.3 Å². The van der Waals surface area contributed by atoms with Crippen molar-refractivity contribution in [3.63, 3.8) is 0 Å². The number of fused-ring (bicyclic) bond motifs is 1. The quantitative estimate of drug-likeness (QED) is 0.807. The van der Waals surface area contributed by atoms with Crippen LogP contribution in [0.1, 0.15) is 11.1 Å². The van der Waals surface area contributed by atoms with Gasteiger partial charge in [-0.15, -0.1) is 0 Å². The van der Waals surface area contributed by atoms with Gasteiger partial charge in [0.05, 0.1) is 11.1 Å². The highest BCUT2D eigenvalue weighted by Gasteiger charge is 2.48. The van der Waals surface area contributed by atoms with Crippen LogP contribution in [0, 0.1) is 0 Å². The van der Waals surface area contributed by atoms with E-state index in [1.165, 1.54) is 0 Å². The Morgan fingerprint density at radius 2 is 1.76 bits per heavy atom. The number of ether oxygens (including phenoxy) is 1. The van der Waals surface area contributed by atoms with E-state index in [4.69, 9.17) is 5.11 Å². The molecule has 0 fully saturated rings. The number of aliphatic carboxylic acids is 1. The van der Waals surface area contributed by atoms with Crippen LogP contribution < -0.4 is 4.74 Å². The minimum Gasteiger partial charge on any atom is -0.478 e. The molecule has 9 heteroatoms. The van der Waals surface area contributed by atoms with Crippen LogP contribution in [0.2, 0.25) is 0 Å². The van der Waals surface area contributed by atoms with E-state index in [1.54, 1.807) is 0 Å². The molecule has 1 aromatic rings. The minimum atomic E-state index is -5.00. The number of carboxylic acid groups (broad SMARTS) is 1. The molecule has 0 aromatic heterocycles. The average molecular weight is 312 g/mol. The summed E-state index contributed by atoms with van der Waals surface area (Å²) in [6.45, 7) is 0. The number of benzene rings is 1. The maximum Gasteiger partial charge on any atom is 0.430 e. The van der Waals surface area contributed by atoms with E-state index in [0.717, 1.165) is 6.07 Å². The molecule has 1 aliphatic rings. The fourth-order valence-electron chi connectivity index (χ4n) is 1.80. The third kappa shape index (κ3) is 2.96. The number of carboxylic acids is 1. The Labute approximate surface area is 113 Å². The van der Waals surface area contributed by atoms with Gasteiger partial charge in [-0.05, 0) is 24.3 Å². The van der Waals surface area contributed by atoms with Crippen molar-refractivity contribution in [3.05, 3.63) is 34.9 Å². The molecule has 1 N–H and O–H groups in total. The Morgan fingerprint density at radius 1 is 1.14 bits per heavy atom. The van der Waals surface area contributed by atoms with E-state index in [2.05, 4.69) is 4.74 Å². The Morgan fingerprint density at radius 3 is 2.24 bits per heavy atom. The van der Waals surface area contributed by atoms with Gasteiger partial charge in [-0.1, -0.05) is 0 Å². The highest BCUT2D eigenvalue weighted by molar-refractivity contribution is 5.95. The van der Waals surface area contributed by atoms with E-state index in [-0.39, 0.29) is 5.56 Å². The summed E-state index contributed by atoms with van der Waals surface area (Å²) in [6.07, 6.45) is -11.9. The largest absolute Gasteiger partial charge is 0.478 e. The van der Waals surface area contributed by atoms with Crippen molar-refractivity contribution in [1.29, 1.82) is 0 Å². The smallest absolute Gasteiger partial charge is 0.430 e. The molecule has 21 heavy (non-hydrogen) atoms. The van der Waals surface area contributed by atoms with Crippen molar-refractivity contribution in [2.45, 2.75) is 18.5 Å². The van der Waals surface area contributed by atoms with Crippen LogP contribution in [0.4, 0.5) is 26.3 Å².